The van der Waals surface area contributed by atoms with Gasteiger partial charge in [0, 0.05) is 5.56 Å². The van der Waals surface area contributed by atoms with Crippen molar-refractivity contribution in [2.24, 2.45) is 5.90 Å². The highest BCUT2D eigenvalue weighted by molar-refractivity contribution is 7.81. The number of allylic oxidation sites excluding steroid dienone is 1. The molecule has 0 spiro atoms. The number of hydrogen-bond donors (Lipinski definition) is 1. The first kappa shape index (κ1) is 18.6. The molecule has 1 aromatic rings. The second kappa shape index (κ2) is 10.4. The summed E-state index contributed by atoms with van der Waals surface area (Å²) in [6.45, 7) is 5.78. The standard InChI is InChI=1S/C11H15NO5S.C2H6/c1-2-5-10-6-3-4-7-11(10)15-8-9-16-18(13,14)17-12;1-2/h2-7H,8-9,12H2,1H3;1-2H3/b5-2+;. The third kappa shape index (κ3) is 7.25. The van der Waals surface area contributed by atoms with Crippen LogP contribution in [-0.2, 0) is 18.9 Å². The summed E-state index contributed by atoms with van der Waals surface area (Å²) in [5.74, 6) is 5.14. The van der Waals surface area contributed by atoms with Crippen LogP contribution in [0.15, 0.2) is 30.3 Å². The van der Waals surface area contributed by atoms with Crippen LogP contribution in [0.5, 0.6) is 5.75 Å². The summed E-state index contributed by atoms with van der Waals surface area (Å²) in [7, 11) is -4.11. The van der Waals surface area contributed by atoms with E-state index in [4.69, 9.17) is 4.74 Å². The molecule has 1 aromatic carbocycles. The van der Waals surface area contributed by atoms with Gasteiger partial charge in [-0.3, -0.25) is 0 Å². The predicted molar refractivity (Wildman–Crippen MR) is 78.1 cm³/mol. The Hall–Kier alpha value is -1.41. The van der Waals surface area contributed by atoms with Gasteiger partial charge in [-0.05, 0) is 13.0 Å². The van der Waals surface area contributed by atoms with Gasteiger partial charge in [0.1, 0.15) is 19.0 Å². The average molecular weight is 303 g/mol. The minimum atomic E-state index is -4.11. The summed E-state index contributed by atoms with van der Waals surface area (Å²) in [5.41, 5.74) is 0.901. The van der Waals surface area contributed by atoms with E-state index in [0.717, 1.165) is 5.56 Å². The third-order valence-corrected chi connectivity index (χ3v) is 2.64. The molecule has 6 nitrogen and oxygen atoms in total. The molecule has 7 heteroatoms. The molecule has 0 bridgehead atoms. The normalized spacial score (nSPS) is 11.0. The molecule has 0 atom stereocenters. The molecular weight excluding hydrogens is 282 g/mol. The summed E-state index contributed by atoms with van der Waals surface area (Å²) in [5, 5.41) is 0. The van der Waals surface area contributed by atoms with E-state index in [9.17, 15) is 8.42 Å². The monoisotopic (exact) mass is 303 g/mol. The quantitative estimate of drug-likeness (QED) is 0.614. The van der Waals surface area contributed by atoms with E-state index in [1.54, 1.807) is 6.07 Å². The van der Waals surface area contributed by atoms with E-state index in [0.29, 0.717) is 5.75 Å². The average Bonchev–Trinajstić information content (AvgIpc) is 2.48. The van der Waals surface area contributed by atoms with Crippen molar-refractivity contribution < 1.29 is 21.6 Å². The molecule has 0 saturated heterocycles. The molecule has 0 radical (unpaired) electrons. The predicted octanol–water partition coefficient (Wildman–Crippen LogP) is 2.28. The highest BCUT2D eigenvalue weighted by Gasteiger charge is 2.09. The molecule has 20 heavy (non-hydrogen) atoms. The Morgan fingerprint density at radius 2 is 1.85 bits per heavy atom. The van der Waals surface area contributed by atoms with Gasteiger partial charge in [-0.2, -0.15) is 18.6 Å². The molecule has 2 N–H and O–H groups in total. The molecule has 1 rings (SSSR count). The summed E-state index contributed by atoms with van der Waals surface area (Å²) in [6.07, 6.45) is 3.77. The van der Waals surface area contributed by atoms with Crippen LogP contribution < -0.4 is 10.6 Å². The lowest BCUT2D eigenvalue weighted by Gasteiger charge is -2.08. The lowest BCUT2D eigenvalue weighted by Crippen LogP contribution is -2.17. The highest BCUT2D eigenvalue weighted by Crippen LogP contribution is 2.19. The fourth-order valence-corrected chi connectivity index (χ4v) is 1.57. The van der Waals surface area contributed by atoms with Crippen LogP contribution in [0, 0.1) is 0 Å². The van der Waals surface area contributed by atoms with Crippen molar-refractivity contribution in [2.45, 2.75) is 20.8 Å². The first-order valence-corrected chi connectivity index (χ1v) is 7.54. The van der Waals surface area contributed by atoms with Gasteiger partial charge in [0.15, 0.2) is 0 Å². The maximum atomic E-state index is 10.7. The molecule has 0 amide bonds. The Morgan fingerprint density at radius 3 is 2.45 bits per heavy atom. The van der Waals surface area contributed by atoms with Gasteiger partial charge in [0.05, 0.1) is 0 Å². The first-order chi connectivity index (χ1) is 9.59. The Kier molecular flexibility index (Phi) is 9.65. The minimum Gasteiger partial charge on any atom is -0.491 e. The van der Waals surface area contributed by atoms with Crippen molar-refractivity contribution in [3.8, 4) is 5.75 Å². The van der Waals surface area contributed by atoms with E-state index >= 15 is 0 Å². The molecule has 0 aliphatic heterocycles. The highest BCUT2D eigenvalue weighted by atomic mass is 32.3. The van der Waals surface area contributed by atoms with Gasteiger partial charge in [-0.1, -0.05) is 44.2 Å². The van der Waals surface area contributed by atoms with Gasteiger partial charge >= 0.3 is 10.4 Å². The molecular formula is C13H21NO5S. The topological polar surface area (TPSA) is 87.8 Å². The van der Waals surface area contributed by atoms with Crippen molar-refractivity contribution in [2.75, 3.05) is 13.2 Å². The van der Waals surface area contributed by atoms with Crippen LogP contribution in [0.3, 0.4) is 0 Å². The van der Waals surface area contributed by atoms with Crippen LogP contribution in [0.4, 0.5) is 0 Å². The zero-order chi connectivity index (χ0) is 15.4. The fraction of sp³-hybridized carbons (Fsp3) is 0.385. The Labute approximate surface area is 120 Å². The molecule has 114 valence electrons. The summed E-state index contributed by atoms with van der Waals surface area (Å²) < 4.78 is 34.9. The second-order valence-corrected chi connectivity index (χ2v) is 4.46. The van der Waals surface area contributed by atoms with Crippen molar-refractivity contribution >= 4 is 16.5 Å². The van der Waals surface area contributed by atoms with E-state index in [1.807, 2.05) is 51.1 Å². The van der Waals surface area contributed by atoms with Crippen LogP contribution in [0.2, 0.25) is 0 Å². The number of hydrogen-bond acceptors (Lipinski definition) is 6. The maximum Gasteiger partial charge on any atom is 0.416 e. The molecule has 0 aromatic heterocycles. The van der Waals surface area contributed by atoms with E-state index < -0.39 is 10.4 Å². The maximum absolute atomic E-state index is 10.7. The fourth-order valence-electron chi connectivity index (χ4n) is 1.24. The lowest BCUT2D eigenvalue weighted by atomic mass is 10.2. The van der Waals surface area contributed by atoms with Crippen LogP contribution in [-0.4, -0.2) is 21.6 Å². The van der Waals surface area contributed by atoms with Crippen molar-refractivity contribution in [3.63, 3.8) is 0 Å². The van der Waals surface area contributed by atoms with E-state index in [-0.39, 0.29) is 13.2 Å². The zero-order valence-electron chi connectivity index (χ0n) is 11.9. The summed E-state index contributed by atoms with van der Waals surface area (Å²) >= 11 is 0. The molecule has 0 heterocycles. The first-order valence-electron chi connectivity index (χ1n) is 6.21. The molecule has 0 saturated carbocycles. The largest absolute Gasteiger partial charge is 0.491 e. The van der Waals surface area contributed by atoms with Gasteiger partial charge in [-0.25, -0.2) is 4.18 Å². The molecule has 0 aliphatic rings. The Morgan fingerprint density at radius 1 is 1.20 bits per heavy atom. The molecule has 0 fully saturated rings. The molecule has 0 unspecified atom stereocenters. The summed E-state index contributed by atoms with van der Waals surface area (Å²) in [6, 6.07) is 7.37. The van der Waals surface area contributed by atoms with Gasteiger partial charge in [0.25, 0.3) is 0 Å². The van der Waals surface area contributed by atoms with Gasteiger partial charge < -0.3 is 4.74 Å². The number of para-hydroxylation sites is 1. The lowest BCUT2D eigenvalue weighted by molar-refractivity contribution is 0.179. The minimum absolute atomic E-state index is 0.0666. The Bertz CT molecular complexity index is 499. The van der Waals surface area contributed by atoms with Gasteiger partial charge in [0.2, 0.25) is 0 Å². The van der Waals surface area contributed by atoms with Crippen molar-refractivity contribution in [1.29, 1.82) is 0 Å². The van der Waals surface area contributed by atoms with Crippen LogP contribution in [0.1, 0.15) is 26.3 Å². The summed E-state index contributed by atoms with van der Waals surface area (Å²) in [4.78, 5) is 0. The number of rotatable bonds is 7. The Balaban J connectivity index is 0.00000172. The second-order valence-electron chi connectivity index (χ2n) is 3.21. The smallest absolute Gasteiger partial charge is 0.416 e. The number of nitrogens with two attached hydrogens (primary N) is 1. The number of benzene rings is 1. The van der Waals surface area contributed by atoms with E-state index in [2.05, 4.69) is 14.4 Å². The van der Waals surface area contributed by atoms with Crippen LogP contribution in [0.25, 0.3) is 6.08 Å². The van der Waals surface area contributed by atoms with Gasteiger partial charge in [-0.15, -0.1) is 0 Å². The number of ether oxygens (including phenoxy) is 1. The van der Waals surface area contributed by atoms with Crippen molar-refractivity contribution in [1.82, 2.24) is 0 Å². The third-order valence-electron chi connectivity index (χ3n) is 1.95. The van der Waals surface area contributed by atoms with E-state index in [1.165, 1.54) is 0 Å². The zero-order valence-corrected chi connectivity index (χ0v) is 12.7. The van der Waals surface area contributed by atoms with Crippen LogP contribution >= 0.6 is 0 Å². The SMILES string of the molecule is C/C=C/c1ccccc1OCCOS(=O)(=O)ON.CC. The molecule has 0 aliphatic carbocycles. The van der Waals surface area contributed by atoms with Crippen molar-refractivity contribution in [3.05, 3.63) is 35.9 Å².